The third kappa shape index (κ3) is 2.92. The van der Waals surface area contributed by atoms with Crippen molar-refractivity contribution in [1.82, 2.24) is 9.78 Å². The molecular weight excluding hydrogens is 228 g/mol. The fraction of sp³-hybridized carbons (Fsp3) is 0.714. The molecule has 2 atom stereocenters. The van der Waals surface area contributed by atoms with E-state index < -0.39 is 5.97 Å². The normalized spacial score (nSPS) is 27.1. The Kier molecular flexibility index (Phi) is 3.46. The summed E-state index contributed by atoms with van der Waals surface area (Å²) in [5.41, 5.74) is 1.41. The van der Waals surface area contributed by atoms with Crippen LogP contribution in [0.3, 0.4) is 0 Å². The van der Waals surface area contributed by atoms with Crippen LogP contribution < -0.4 is 0 Å². The largest absolute Gasteiger partial charge is 0.481 e. The molecule has 4 heteroatoms. The van der Waals surface area contributed by atoms with Crippen LogP contribution in [-0.2, 0) is 18.3 Å². The van der Waals surface area contributed by atoms with E-state index in [4.69, 9.17) is 0 Å². The van der Waals surface area contributed by atoms with Crippen molar-refractivity contribution in [2.45, 2.75) is 39.5 Å². The summed E-state index contributed by atoms with van der Waals surface area (Å²) in [6, 6.07) is 0. The molecule has 1 aliphatic rings. The van der Waals surface area contributed by atoms with Crippen molar-refractivity contribution >= 4 is 5.97 Å². The third-order valence-electron chi connectivity index (χ3n) is 4.09. The summed E-state index contributed by atoms with van der Waals surface area (Å²) in [7, 11) is 1.89. The number of carbonyl (C=O) groups is 1. The van der Waals surface area contributed by atoms with Crippen LogP contribution in [0.5, 0.6) is 0 Å². The zero-order valence-electron chi connectivity index (χ0n) is 11.4. The standard InChI is InChI=1S/C14H22N2O2/c1-14(2)5-4-12(13(17)18)11(7-14)6-10-8-15-16(3)9-10/h8-9,11-12H,4-7H2,1-3H3,(H,17,18). The predicted octanol–water partition coefficient (Wildman–Crippen LogP) is 2.49. The Balaban J connectivity index is 2.12. The van der Waals surface area contributed by atoms with Crippen LogP contribution in [0, 0.1) is 17.3 Å². The van der Waals surface area contributed by atoms with Gasteiger partial charge in [-0.25, -0.2) is 0 Å². The van der Waals surface area contributed by atoms with Gasteiger partial charge in [0.2, 0.25) is 0 Å². The van der Waals surface area contributed by atoms with Gasteiger partial charge in [-0.15, -0.1) is 0 Å². The van der Waals surface area contributed by atoms with Crippen molar-refractivity contribution in [2.24, 2.45) is 24.3 Å². The number of carboxylic acid groups (broad SMARTS) is 1. The average molecular weight is 250 g/mol. The van der Waals surface area contributed by atoms with Gasteiger partial charge in [-0.2, -0.15) is 5.10 Å². The van der Waals surface area contributed by atoms with Gasteiger partial charge in [-0.1, -0.05) is 13.8 Å². The molecule has 1 aromatic rings. The molecule has 0 saturated heterocycles. The first-order chi connectivity index (χ1) is 8.37. The van der Waals surface area contributed by atoms with E-state index in [1.165, 1.54) is 0 Å². The van der Waals surface area contributed by atoms with Crippen LogP contribution in [-0.4, -0.2) is 20.9 Å². The van der Waals surface area contributed by atoms with Crippen LogP contribution in [0.15, 0.2) is 12.4 Å². The second-order valence-electron chi connectivity index (χ2n) is 6.34. The minimum Gasteiger partial charge on any atom is -0.481 e. The Morgan fingerprint density at radius 2 is 2.33 bits per heavy atom. The smallest absolute Gasteiger partial charge is 0.306 e. The molecule has 1 fully saturated rings. The van der Waals surface area contributed by atoms with Gasteiger partial charge in [-0.05, 0) is 42.6 Å². The maximum atomic E-state index is 11.4. The molecule has 0 aromatic carbocycles. The summed E-state index contributed by atoms with van der Waals surface area (Å²) in [4.78, 5) is 11.4. The predicted molar refractivity (Wildman–Crippen MR) is 69.2 cm³/mol. The zero-order chi connectivity index (χ0) is 13.3. The van der Waals surface area contributed by atoms with Crippen molar-refractivity contribution in [3.63, 3.8) is 0 Å². The Bertz CT molecular complexity index is 437. The van der Waals surface area contributed by atoms with E-state index in [0.29, 0.717) is 0 Å². The highest BCUT2D eigenvalue weighted by Crippen LogP contribution is 2.43. The lowest BCUT2D eigenvalue weighted by Crippen LogP contribution is -2.35. The summed E-state index contributed by atoms with van der Waals surface area (Å²) in [6.07, 6.45) is 7.45. The number of hydrogen-bond acceptors (Lipinski definition) is 2. The molecule has 100 valence electrons. The Morgan fingerprint density at radius 1 is 1.61 bits per heavy atom. The molecule has 4 nitrogen and oxygen atoms in total. The summed E-state index contributed by atoms with van der Waals surface area (Å²) in [6.45, 7) is 4.47. The maximum absolute atomic E-state index is 11.4. The van der Waals surface area contributed by atoms with Gasteiger partial charge >= 0.3 is 5.97 Å². The van der Waals surface area contributed by atoms with Gasteiger partial charge < -0.3 is 5.11 Å². The van der Waals surface area contributed by atoms with E-state index in [9.17, 15) is 9.90 Å². The molecule has 1 heterocycles. The van der Waals surface area contributed by atoms with Crippen LogP contribution in [0.1, 0.15) is 38.7 Å². The molecule has 1 aromatic heterocycles. The quantitative estimate of drug-likeness (QED) is 0.896. The second kappa shape index (κ2) is 4.75. The van der Waals surface area contributed by atoms with Gasteiger partial charge in [0.05, 0.1) is 12.1 Å². The molecule has 0 aliphatic heterocycles. The number of carboxylic acids is 1. The molecular formula is C14H22N2O2. The van der Waals surface area contributed by atoms with Crippen LogP contribution in [0.25, 0.3) is 0 Å². The molecule has 18 heavy (non-hydrogen) atoms. The van der Waals surface area contributed by atoms with Gasteiger partial charge in [-0.3, -0.25) is 9.48 Å². The van der Waals surface area contributed by atoms with E-state index >= 15 is 0 Å². The maximum Gasteiger partial charge on any atom is 0.306 e. The minimum atomic E-state index is -0.639. The fourth-order valence-electron chi connectivity index (χ4n) is 3.16. The molecule has 2 unspecified atom stereocenters. The minimum absolute atomic E-state index is 0.196. The van der Waals surface area contributed by atoms with Crippen LogP contribution in [0.4, 0.5) is 0 Å². The van der Waals surface area contributed by atoms with E-state index in [1.54, 1.807) is 4.68 Å². The first-order valence-electron chi connectivity index (χ1n) is 6.58. The molecule has 1 aliphatic carbocycles. The lowest BCUT2D eigenvalue weighted by Gasteiger charge is -2.39. The van der Waals surface area contributed by atoms with Crippen molar-refractivity contribution in [1.29, 1.82) is 0 Å². The van der Waals surface area contributed by atoms with Gasteiger partial charge in [0, 0.05) is 13.2 Å². The van der Waals surface area contributed by atoms with Gasteiger partial charge in [0.1, 0.15) is 0 Å². The van der Waals surface area contributed by atoms with E-state index in [-0.39, 0.29) is 17.3 Å². The zero-order valence-corrected chi connectivity index (χ0v) is 11.4. The molecule has 1 N–H and O–H groups in total. The number of rotatable bonds is 3. The van der Waals surface area contributed by atoms with Crippen molar-refractivity contribution in [3.05, 3.63) is 18.0 Å². The first-order valence-corrected chi connectivity index (χ1v) is 6.58. The average Bonchev–Trinajstić information content (AvgIpc) is 2.62. The summed E-state index contributed by atoms with van der Waals surface area (Å²) in [5, 5.41) is 13.5. The highest BCUT2D eigenvalue weighted by molar-refractivity contribution is 5.70. The Labute approximate surface area is 108 Å². The number of aromatic nitrogens is 2. The Morgan fingerprint density at radius 3 is 2.89 bits per heavy atom. The van der Waals surface area contributed by atoms with E-state index in [1.807, 2.05) is 19.4 Å². The summed E-state index contributed by atoms with van der Waals surface area (Å²) in [5.74, 6) is -0.604. The summed E-state index contributed by atoms with van der Waals surface area (Å²) >= 11 is 0. The third-order valence-corrected chi connectivity index (χ3v) is 4.09. The van der Waals surface area contributed by atoms with E-state index in [2.05, 4.69) is 18.9 Å². The Hall–Kier alpha value is -1.32. The number of nitrogens with zero attached hydrogens (tertiary/aromatic N) is 2. The second-order valence-corrected chi connectivity index (χ2v) is 6.34. The number of aliphatic carboxylic acids is 1. The molecule has 0 radical (unpaired) electrons. The monoisotopic (exact) mass is 250 g/mol. The molecule has 0 bridgehead atoms. The first kappa shape index (κ1) is 13.1. The molecule has 1 saturated carbocycles. The lowest BCUT2D eigenvalue weighted by molar-refractivity contribution is -0.146. The lowest BCUT2D eigenvalue weighted by atomic mass is 9.66. The van der Waals surface area contributed by atoms with Gasteiger partial charge in [0.15, 0.2) is 0 Å². The van der Waals surface area contributed by atoms with Crippen molar-refractivity contribution in [3.8, 4) is 0 Å². The number of aryl methyl sites for hydroxylation is 1. The highest BCUT2D eigenvalue weighted by atomic mass is 16.4. The topological polar surface area (TPSA) is 55.1 Å². The molecule has 0 spiro atoms. The highest BCUT2D eigenvalue weighted by Gasteiger charge is 2.38. The fourth-order valence-corrected chi connectivity index (χ4v) is 3.16. The van der Waals surface area contributed by atoms with E-state index in [0.717, 1.165) is 31.2 Å². The van der Waals surface area contributed by atoms with Gasteiger partial charge in [0.25, 0.3) is 0 Å². The number of hydrogen-bond donors (Lipinski definition) is 1. The molecule has 2 rings (SSSR count). The SMILES string of the molecule is Cn1cc(CC2CC(C)(C)CCC2C(=O)O)cn1. The summed E-state index contributed by atoms with van der Waals surface area (Å²) < 4.78 is 1.78. The molecule has 0 amide bonds. The van der Waals surface area contributed by atoms with Crippen LogP contribution in [0.2, 0.25) is 0 Å². The van der Waals surface area contributed by atoms with Crippen molar-refractivity contribution in [2.75, 3.05) is 0 Å². The van der Waals surface area contributed by atoms with Crippen molar-refractivity contribution < 1.29 is 9.90 Å². The van der Waals surface area contributed by atoms with Crippen LogP contribution >= 0.6 is 0 Å².